The van der Waals surface area contributed by atoms with Gasteiger partial charge in [-0.2, -0.15) is 0 Å². The lowest BCUT2D eigenvalue weighted by molar-refractivity contribution is 0.282. The van der Waals surface area contributed by atoms with Crippen molar-refractivity contribution < 1.29 is 5.11 Å². The van der Waals surface area contributed by atoms with E-state index in [2.05, 4.69) is 31.3 Å². The van der Waals surface area contributed by atoms with Crippen LogP contribution in [-0.4, -0.2) is 11.7 Å². The highest BCUT2D eigenvalue weighted by Gasteiger charge is 1.96. The van der Waals surface area contributed by atoms with Crippen LogP contribution in [0.3, 0.4) is 0 Å². The molecule has 0 aliphatic heterocycles. The van der Waals surface area contributed by atoms with Crippen LogP contribution in [0.4, 0.5) is 0 Å². The van der Waals surface area contributed by atoms with Crippen LogP contribution in [0.1, 0.15) is 57.1 Å². The Labute approximate surface area is 118 Å². The molecule has 2 N–H and O–H groups in total. The fraction of sp³-hybridized carbons (Fsp3) is 0.647. The minimum atomic E-state index is 0.129. The Hall–Kier alpha value is -0.860. The summed E-state index contributed by atoms with van der Waals surface area (Å²) in [5.41, 5.74) is 2.27. The van der Waals surface area contributed by atoms with Crippen molar-refractivity contribution in [1.82, 2.24) is 5.32 Å². The van der Waals surface area contributed by atoms with Crippen molar-refractivity contribution in [3.05, 3.63) is 35.4 Å². The predicted octanol–water partition coefficient (Wildman–Crippen LogP) is 3.88. The topological polar surface area (TPSA) is 32.3 Å². The summed E-state index contributed by atoms with van der Waals surface area (Å²) in [7, 11) is 0. The second-order valence-corrected chi connectivity index (χ2v) is 5.75. The van der Waals surface area contributed by atoms with Crippen molar-refractivity contribution in [2.45, 2.75) is 59.1 Å². The third-order valence-electron chi connectivity index (χ3n) is 3.42. The average molecular weight is 263 g/mol. The predicted molar refractivity (Wildman–Crippen MR) is 82.0 cm³/mol. The molecule has 1 aromatic carbocycles. The van der Waals surface area contributed by atoms with E-state index >= 15 is 0 Å². The fourth-order valence-electron chi connectivity index (χ4n) is 2.15. The maximum absolute atomic E-state index is 8.96. The summed E-state index contributed by atoms with van der Waals surface area (Å²) in [6.45, 7) is 6.75. The molecule has 0 aliphatic rings. The van der Waals surface area contributed by atoms with Crippen molar-refractivity contribution in [2.24, 2.45) is 5.92 Å². The Kier molecular flexibility index (Phi) is 8.52. The number of benzene rings is 1. The van der Waals surface area contributed by atoms with Gasteiger partial charge in [-0.15, -0.1) is 0 Å². The van der Waals surface area contributed by atoms with Crippen LogP contribution in [0.5, 0.6) is 0 Å². The number of hydrogen-bond donors (Lipinski definition) is 2. The zero-order valence-electron chi connectivity index (χ0n) is 12.5. The van der Waals surface area contributed by atoms with E-state index in [1.54, 1.807) is 0 Å². The minimum absolute atomic E-state index is 0.129. The summed E-state index contributed by atoms with van der Waals surface area (Å²) >= 11 is 0. The van der Waals surface area contributed by atoms with Crippen molar-refractivity contribution in [1.29, 1.82) is 0 Å². The van der Waals surface area contributed by atoms with Crippen LogP contribution in [0, 0.1) is 5.92 Å². The molecule has 0 bridgehead atoms. The van der Waals surface area contributed by atoms with Gasteiger partial charge in [-0.25, -0.2) is 0 Å². The summed E-state index contributed by atoms with van der Waals surface area (Å²) in [5.74, 6) is 0.847. The highest BCUT2D eigenvalue weighted by molar-refractivity contribution is 5.21. The second kappa shape index (κ2) is 9.99. The van der Waals surface area contributed by atoms with E-state index in [1.165, 1.54) is 37.7 Å². The lowest BCUT2D eigenvalue weighted by Crippen LogP contribution is -2.14. The van der Waals surface area contributed by atoms with Crippen LogP contribution < -0.4 is 5.32 Å². The van der Waals surface area contributed by atoms with Crippen LogP contribution in [0.15, 0.2) is 24.3 Å². The molecule has 0 aliphatic carbocycles. The van der Waals surface area contributed by atoms with Crippen molar-refractivity contribution in [3.63, 3.8) is 0 Å². The molecule has 0 fully saturated rings. The molecule has 0 radical (unpaired) electrons. The van der Waals surface area contributed by atoms with E-state index in [0.717, 1.165) is 24.6 Å². The molecule has 0 atom stereocenters. The molecule has 1 aromatic rings. The molecule has 0 unspecified atom stereocenters. The zero-order chi connectivity index (χ0) is 13.9. The molecule has 0 saturated heterocycles. The number of aliphatic hydroxyl groups is 1. The van der Waals surface area contributed by atoms with E-state index in [1.807, 2.05) is 12.1 Å². The van der Waals surface area contributed by atoms with Crippen LogP contribution in [0.25, 0.3) is 0 Å². The Morgan fingerprint density at radius 1 is 0.947 bits per heavy atom. The van der Waals surface area contributed by atoms with Crippen molar-refractivity contribution >= 4 is 0 Å². The Balaban J connectivity index is 1.98. The summed E-state index contributed by atoms with van der Waals surface area (Å²) in [6.07, 6.45) is 6.71. The van der Waals surface area contributed by atoms with Crippen LogP contribution in [-0.2, 0) is 13.2 Å². The Morgan fingerprint density at radius 3 is 2.21 bits per heavy atom. The van der Waals surface area contributed by atoms with E-state index in [-0.39, 0.29) is 6.61 Å². The van der Waals surface area contributed by atoms with Gasteiger partial charge in [-0.1, -0.05) is 63.8 Å². The number of hydrogen-bond acceptors (Lipinski definition) is 2. The van der Waals surface area contributed by atoms with Crippen molar-refractivity contribution in [3.8, 4) is 0 Å². The molecule has 19 heavy (non-hydrogen) atoms. The molecule has 2 heteroatoms. The maximum atomic E-state index is 8.96. The molecule has 0 heterocycles. The summed E-state index contributed by atoms with van der Waals surface area (Å²) in [5, 5.41) is 12.4. The molecular weight excluding hydrogens is 234 g/mol. The number of unbranched alkanes of at least 4 members (excludes halogenated alkanes) is 3. The standard InChI is InChI=1S/C17H29NO/c1-15(2)7-5-3-4-6-12-18-13-16-8-10-17(14-19)11-9-16/h8-11,15,18-19H,3-7,12-14H2,1-2H3. The largest absolute Gasteiger partial charge is 0.392 e. The first-order chi connectivity index (χ1) is 9.22. The number of rotatable bonds is 10. The van der Waals surface area contributed by atoms with Crippen LogP contribution in [0.2, 0.25) is 0 Å². The smallest absolute Gasteiger partial charge is 0.0681 e. The molecule has 0 spiro atoms. The maximum Gasteiger partial charge on any atom is 0.0681 e. The zero-order valence-corrected chi connectivity index (χ0v) is 12.5. The van der Waals surface area contributed by atoms with Gasteiger partial charge in [-0.3, -0.25) is 0 Å². The highest BCUT2D eigenvalue weighted by Crippen LogP contribution is 2.09. The third-order valence-corrected chi connectivity index (χ3v) is 3.42. The normalized spacial score (nSPS) is 11.2. The third kappa shape index (κ3) is 8.02. The lowest BCUT2D eigenvalue weighted by atomic mass is 10.0. The van der Waals surface area contributed by atoms with Gasteiger partial charge in [0.1, 0.15) is 0 Å². The molecule has 1 rings (SSSR count). The second-order valence-electron chi connectivity index (χ2n) is 5.75. The molecular formula is C17H29NO. The number of nitrogens with one attached hydrogen (secondary N) is 1. The fourth-order valence-corrected chi connectivity index (χ4v) is 2.15. The van der Waals surface area contributed by atoms with Gasteiger partial charge in [-0.05, 0) is 30.0 Å². The summed E-state index contributed by atoms with van der Waals surface area (Å²) in [6, 6.07) is 8.15. The van der Waals surface area contributed by atoms with Gasteiger partial charge in [0, 0.05) is 6.54 Å². The summed E-state index contributed by atoms with van der Waals surface area (Å²) in [4.78, 5) is 0. The first-order valence-electron chi connectivity index (χ1n) is 7.61. The van der Waals surface area contributed by atoms with E-state index in [9.17, 15) is 0 Å². The first-order valence-corrected chi connectivity index (χ1v) is 7.61. The molecule has 0 saturated carbocycles. The minimum Gasteiger partial charge on any atom is -0.392 e. The highest BCUT2D eigenvalue weighted by atomic mass is 16.3. The van der Waals surface area contributed by atoms with E-state index in [4.69, 9.17) is 5.11 Å². The van der Waals surface area contributed by atoms with E-state index < -0.39 is 0 Å². The van der Waals surface area contributed by atoms with Gasteiger partial charge in [0.15, 0.2) is 0 Å². The molecule has 0 aromatic heterocycles. The molecule has 2 nitrogen and oxygen atoms in total. The monoisotopic (exact) mass is 263 g/mol. The van der Waals surface area contributed by atoms with Crippen LogP contribution >= 0.6 is 0 Å². The first kappa shape index (κ1) is 16.2. The van der Waals surface area contributed by atoms with Gasteiger partial charge in [0.05, 0.1) is 6.61 Å². The quantitative estimate of drug-likeness (QED) is 0.628. The Morgan fingerprint density at radius 2 is 1.58 bits per heavy atom. The van der Waals surface area contributed by atoms with E-state index in [0.29, 0.717) is 0 Å². The average Bonchev–Trinajstić information content (AvgIpc) is 2.42. The van der Waals surface area contributed by atoms with Gasteiger partial charge in [0.25, 0.3) is 0 Å². The SMILES string of the molecule is CC(C)CCCCCCNCc1ccc(CO)cc1. The molecule has 108 valence electrons. The van der Waals surface area contributed by atoms with Gasteiger partial charge >= 0.3 is 0 Å². The van der Waals surface area contributed by atoms with Crippen molar-refractivity contribution in [2.75, 3.05) is 6.54 Å². The summed E-state index contributed by atoms with van der Waals surface area (Å²) < 4.78 is 0. The Bertz CT molecular complexity index is 319. The van der Waals surface area contributed by atoms with Gasteiger partial charge < -0.3 is 10.4 Å². The van der Waals surface area contributed by atoms with Gasteiger partial charge in [0.2, 0.25) is 0 Å². The lowest BCUT2D eigenvalue weighted by Gasteiger charge is -2.06. The number of aliphatic hydroxyl groups excluding tert-OH is 1. The molecule has 0 amide bonds.